The third-order valence-electron chi connectivity index (χ3n) is 4.49. The van der Waals surface area contributed by atoms with Crippen molar-refractivity contribution in [1.29, 1.82) is 0 Å². The first-order chi connectivity index (χ1) is 10.7. The summed E-state index contributed by atoms with van der Waals surface area (Å²) in [5, 5.41) is 2.98. The Morgan fingerprint density at radius 3 is 2.59 bits per heavy atom. The Hall–Kier alpha value is -1.62. The summed E-state index contributed by atoms with van der Waals surface area (Å²) in [7, 11) is 0. The Labute approximate surface area is 133 Å². The summed E-state index contributed by atoms with van der Waals surface area (Å²) in [5.41, 5.74) is 0.764. The van der Waals surface area contributed by atoms with Crippen molar-refractivity contribution in [2.45, 2.75) is 33.6 Å². The molecule has 2 rings (SSSR count). The van der Waals surface area contributed by atoms with Gasteiger partial charge in [-0.3, -0.25) is 4.79 Å². The fourth-order valence-corrected chi connectivity index (χ4v) is 2.88. The first-order valence-electron chi connectivity index (χ1n) is 8.25. The van der Waals surface area contributed by atoms with Gasteiger partial charge in [-0.05, 0) is 44.7 Å². The lowest BCUT2D eigenvalue weighted by Crippen LogP contribution is -2.31. The van der Waals surface area contributed by atoms with Crippen molar-refractivity contribution in [3.05, 3.63) is 18.3 Å². The minimum atomic E-state index is 0.00589. The molecule has 1 unspecified atom stereocenters. The Kier molecular flexibility index (Phi) is 6.19. The normalized spacial score (nSPS) is 17.0. The molecule has 1 N–H and O–H groups in total. The number of anilines is 2. The van der Waals surface area contributed by atoms with Gasteiger partial charge in [0.2, 0.25) is 5.91 Å². The van der Waals surface area contributed by atoms with Gasteiger partial charge in [0.1, 0.15) is 5.82 Å². The Morgan fingerprint density at radius 1 is 1.36 bits per heavy atom. The lowest BCUT2D eigenvalue weighted by Gasteiger charge is -2.27. The van der Waals surface area contributed by atoms with Crippen molar-refractivity contribution in [3.8, 4) is 0 Å². The van der Waals surface area contributed by atoms with E-state index >= 15 is 0 Å². The van der Waals surface area contributed by atoms with E-state index in [9.17, 15) is 4.79 Å². The quantitative estimate of drug-likeness (QED) is 0.878. The number of hydrogen-bond donors (Lipinski definition) is 1. The molecule has 0 bridgehead atoms. The van der Waals surface area contributed by atoms with E-state index in [-0.39, 0.29) is 11.8 Å². The number of carbonyl (C=O) groups is 1. The molecule has 22 heavy (non-hydrogen) atoms. The highest BCUT2D eigenvalue weighted by Crippen LogP contribution is 2.25. The summed E-state index contributed by atoms with van der Waals surface area (Å²) in [6.45, 7) is 9.60. The lowest BCUT2D eigenvalue weighted by atomic mass is 9.87. The fourth-order valence-electron chi connectivity index (χ4n) is 2.88. The molecule has 5 nitrogen and oxygen atoms in total. The predicted molar refractivity (Wildman–Crippen MR) is 89.1 cm³/mol. The Bertz CT molecular complexity index is 465. The zero-order valence-corrected chi connectivity index (χ0v) is 13.8. The van der Waals surface area contributed by atoms with Crippen LogP contribution in [0, 0.1) is 11.8 Å². The molecule has 0 aliphatic carbocycles. The SMILES string of the molecule is CCN(CC)c1ccc(NC(=O)C(C)C2CCOCC2)cn1. The van der Waals surface area contributed by atoms with Gasteiger partial charge in [0.05, 0.1) is 11.9 Å². The lowest BCUT2D eigenvalue weighted by molar-refractivity contribution is -0.122. The standard InChI is InChI=1S/C17H27N3O2/c1-4-20(5-2)16-7-6-15(12-18-16)19-17(21)13(3)14-8-10-22-11-9-14/h6-7,12-14H,4-5,8-11H2,1-3H3,(H,19,21). The molecule has 122 valence electrons. The van der Waals surface area contributed by atoms with Crippen LogP contribution in [0.1, 0.15) is 33.6 Å². The maximum Gasteiger partial charge on any atom is 0.227 e. The van der Waals surface area contributed by atoms with Gasteiger partial charge in [0.25, 0.3) is 0 Å². The molecule has 1 amide bonds. The van der Waals surface area contributed by atoms with Crippen molar-refractivity contribution < 1.29 is 9.53 Å². The number of nitrogens with zero attached hydrogens (tertiary/aromatic N) is 2. The molecule has 1 atom stereocenters. The van der Waals surface area contributed by atoms with Crippen molar-refractivity contribution in [1.82, 2.24) is 4.98 Å². The summed E-state index contributed by atoms with van der Waals surface area (Å²) in [6, 6.07) is 3.89. The van der Waals surface area contributed by atoms with Crippen LogP contribution in [0.25, 0.3) is 0 Å². The maximum absolute atomic E-state index is 12.4. The number of carbonyl (C=O) groups excluding carboxylic acids is 1. The largest absolute Gasteiger partial charge is 0.381 e. The number of nitrogens with one attached hydrogen (secondary N) is 1. The van der Waals surface area contributed by atoms with Gasteiger partial charge < -0.3 is 15.0 Å². The second-order valence-corrected chi connectivity index (χ2v) is 5.81. The van der Waals surface area contributed by atoms with Crippen LogP contribution in [0.4, 0.5) is 11.5 Å². The Balaban J connectivity index is 1.93. The van der Waals surface area contributed by atoms with E-state index in [1.165, 1.54) is 0 Å². The van der Waals surface area contributed by atoms with E-state index < -0.39 is 0 Å². The van der Waals surface area contributed by atoms with Gasteiger partial charge >= 0.3 is 0 Å². The molecule has 0 spiro atoms. The average molecular weight is 305 g/mol. The van der Waals surface area contributed by atoms with Crippen LogP contribution in [0.5, 0.6) is 0 Å². The highest BCUT2D eigenvalue weighted by Gasteiger charge is 2.26. The van der Waals surface area contributed by atoms with E-state index in [0.717, 1.165) is 50.7 Å². The molecule has 1 aliphatic rings. The van der Waals surface area contributed by atoms with E-state index in [4.69, 9.17) is 4.74 Å². The second kappa shape index (κ2) is 8.13. The molecule has 0 saturated carbocycles. The molecule has 1 aromatic rings. The zero-order chi connectivity index (χ0) is 15.9. The maximum atomic E-state index is 12.4. The number of rotatable bonds is 6. The van der Waals surface area contributed by atoms with Gasteiger partial charge in [-0.15, -0.1) is 0 Å². The van der Waals surface area contributed by atoms with E-state index in [1.54, 1.807) is 6.20 Å². The average Bonchev–Trinajstić information content (AvgIpc) is 2.57. The third-order valence-corrected chi connectivity index (χ3v) is 4.49. The van der Waals surface area contributed by atoms with Crippen molar-refractivity contribution in [2.24, 2.45) is 11.8 Å². The first-order valence-corrected chi connectivity index (χ1v) is 8.25. The van der Waals surface area contributed by atoms with E-state index in [0.29, 0.717) is 5.92 Å². The van der Waals surface area contributed by atoms with Crippen molar-refractivity contribution in [2.75, 3.05) is 36.5 Å². The number of aromatic nitrogens is 1. The highest BCUT2D eigenvalue weighted by molar-refractivity contribution is 5.92. The van der Waals surface area contributed by atoms with E-state index in [2.05, 4.69) is 29.0 Å². The summed E-state index contributed by atoms with van der Waals surface area (Å²) in [5.74, 6) is 1.44. The molecule has 5 heteroatoms. The number of ether oxygens (including phenoxy) is 1. The van der Waals surface area contributed by atoms with Crippen LogP contribution in [0.15, 0.2) is 18.3 Å². The first kappa shape index (κ1) is 16.7. The van der Waals surface area contributed by atoms with Crippen LogP contribution < -0.4 is 10.2 Å². The van der Waals surface area contributed by atoms with Gasteiger partial charge in [-0.2, -0.15) is 0 Å². The van der Waals surface area contributed by atoms with Gasteiger partial charge in [-0.25, -0.2) is 4.98 Å². The summed E-state index contributed by atoms with van der Waals surface area (Å²) < 4.78 is 5.36. The van der Waals surface area contributed by atoms with Gasteiger partial charge in [0.15, 0.2) is 0 Å². The van der Waals surface area contributed by atoms with Crippen LogP contribution in [-0.2, 0) is 9.53 Å². The minimum Gasteiger partial charge on any atom is -0.381 e. The molecule has 1 aromatic heterocycles. The zero-order valence-electron chi connectivity index (χ0n) is 13.8. The molecule has 2 heterocycles. The molecule has 0 radical (unpaired) electrons. The van der Waals surface area contributed by atoms with Crippen LogP contribution in [0.2, 0.25) is 0 Å². The number of hydrogen-bond acceptors (Lipinski definition) is 4. The summed E-state index contributed by atoms with van der Waals surface area (Å²) in [4.78, 5) is 19.0. The summed E-state index contributed by atoms with van der Waals surface area (Å²) in [6.07, 6.45) is 3.67. The number of amides is 1. The van der Waals surface area contributed by atoms with Crippen LogP contribution in [0.3, 0.4) is 0 Å². The van der Waals surface area contributed by atoms with Gasteiger partial charge in [-0.1, -0.05) is 6.92 Å². The summed E-state index contributed by atoms with van der Waals surface area (Å²) >= 11 is 0. The Morgan fingerprint density at radius 2 is 2.05 bits per heavy atom. The van der Waals surface area contributed by atoms with Gasteiger partial charge in [0, 0.05) is 32.2 Å². The highest BCUT2D eigenvalue weighted by atomic mass is 16.5. The minimum absolute atomic E-state index is 0.00589. The molecule has 0 aromatic carbocycles. The van der Waals surface area contributed by atoms with Crippen molar-refractivity contribution >= 4 is 17.4 Å². The fraction of sp³-hybridized carbons (Fsp3) is 0.647. The number of pyridine rings is 1. The van der Waals surface area contributed by atoms with Crippen molar-refractivity contribution in [3.63, 3.8) is 0 Å². The van der Waals surface area contributed by atoms with Crippen LogP contribution >= 0.6 is 0 Å². The molecular weight excluding hydrogens is 278 g/mol. The van der Waals surface area contributed by atoms with E-state index in [1.807, 2.05) is 19.1 Å². The van der Waals surface area contributed by atoms with Crippen LogP contribution in [-0.4, -0.2) is 37.2 Å². The predicted octanol–water partition coefficient (Wildman–Crippen LogP) is 2.93. The molecule has 1 aliphatic heterocycles. The third kappa shape index (κ3) is 4.19. The molecule has 1 saturated heterocycles. The smallest absolute Gasteiger partial charge is 0.227 e. The topological polar surface area (TPSA) is 54.5 Å². The second-order valence-electron chi connectivity index (χ2n) is 5.81. The monoisotopic (exact) mass is 305 g/mol. The molecule has 1 fully saturated rings. The molecular formula is C17H27N3O2.